The Labute approximate surface area is 156 Å². The zero-order chi connectivity index (χ0) is 20.1. The third-order valence-electron chi connectivity index (χ3n) is 4.32. The predicted octanol–water partition coefficient (Wildman–Crippen LogP) is 3.87. The molecule has 0 saturated carbocycles. The highest BCUT2D eigenvalue weighted by Crippen LogP contribution is 2.42. The number of methoxy groups -OCH3 is 1. The van der Waals surface area contributed by atoms with E-state index >= 15 is 0 Å². The van der Waals surface area contributed by atoms with Gasteiger partial charge in [0.25, 0.3) is 11.5 Å². The average molecular weight is 380 g/mol. The van der Waals surface area contributed by atoms with Gasteiger partial charge in [0.1, 0.15) is 0 Å². The minimum atomic E-state index is -4.92. The number of pyridine rings is 1. The molecule has 1 unspecified atom stereocenters. The fourth-order valence-corrected chi connectivity index (χ4v) is 2.92. The number of alkyl halides is 3. The SMILES string of the molecule is COC(C(=O)NCC(C)(C)Cc1ccccn1)(c1ccccc1)C(F)(F)F. The molecule has 1 atom stereocenters. The molecule has 0 radical (unpaired) electrons. The third-order valence-corrected chi connectivity index (χ3v) is 4.32. The number of rotatable bonds is 7. The molecule has 0 saturated heterocycles. The van der Waals surface area contributed by atoms with E-state index in [1.165, 1.54) is 24.3 Å². The van der Waals surface area contributed by atoms with E-state index in [4.69, 9.17) is 4.74 Å². The quantitative estimate of drug-likeness (QED) is 0.793. The number of halogens is 3. The van der Waals surface area contributed by atoms with Crippen LogP contribution in [0.15, 0.2) is 54.7 Å². The maximum Gasteiger partial charge on any atom is 0.430 e. The molecule has 7 heteroatoms. The van der Waals surface area contributed by atoms with Gasteiger partial charge in [-0.25, -0.2) is 0 Å². The number of carbonyl (C=O) groups excluding carboxylic acids is 1. The van der Waals surface area contributed by atoms with Gasteiger partial charge in [-0.2, -0.15) is 13.2 Å². The number of hydrogen-bond acceptors (Lipinski definition) is 3. The summed E-state index contributed by atoms with van der Waals surface area (Å²) in [5.41, 5.74) is -3.02. The smallest absolute Gasteiger partial charge is 0.356 e. The summed E-state index contributed by atoms with van der Waals surface area (Å²) in [7, 11) is 0.888. The second-order valence-corrected chi connectivity index (χ2v) is 7.09. The summed E-state index contributed by atoms with van der Waals surface area (Å²) >= 11 is 0. The predicted molar refractivity (Wildman–Crippen MR) is 95.9 cm³/mol. The van der Waals surface area contributed by atoms with Crippen molar-refractivity contribution in [1.29, 1.82) is 0 Å². The van der Waals surface area contributed by atoms with Crippen molar-refractivity contribution in [2.45, 2.75) is 32.0 Å². The minimum absolute atomic E-state index is 0.0381. The molecule has 0 aliphatic carbocycles. The standard InChI is InChI=1S/C20H23F3N2O2/c1-18(2,13-16-11-7-8-12-24-16)14-25-17(26)19(27-3,20(21,22)23)15-9-5-4-6-10-15/h4-12H,13-14H2,1-3H3,(H,25,26). The van der Waals surface area contributed by atoms with Crippen molar-refractivity contribution >= 4 is 5.91 Å². The van der Waals surface area contributed by atoms with Crippen LogP contribution < -0.4 is 5.32 Å². The maximum atomic E-state index is 13.9. The van der Waals surface area contributed by atoms with E-state index in [0.717, 1.165) is 12.8 Å². The van der Waals surface area contributed by atoms with Crippen LogP contribution in [0.2, 0.25) is 0 Å². The summed E-state index contributed by atoms with van der Waals surface area (Å²) in [6.07, 6.45) is -2.76. The van der Waals surface area contributed by atoms with Crippen molar-refractivity contribution in [3.63, 3.8) is 0 Å². The van der Waals surface area contributed by atoms with Crippen molar-refractivity contribution in [2.24, 2.45) is 5.41 Å². The van der Waals surface area contributed by atoms with Gasteiger partial charge in [-0.3, -0.25) is 9.78 Å². The molecule has 0 fully saturated rings. The number of aromatic nitrogens is 1. The van der Waals surface area contributed by atoms with Crippen LogP contribution in [0.1, 0.15) is 25.1 Å². The Hall–Kier alpha value is -2.41. The number of nitrogens with one attached hydrogen (secondary N) is 1. The molecule has 1 aromatic carbocycles. The molecule has 0 spiro atoms. The van der Waals surface area contributed by atoms with Gasteiger partial charge in [0.15, 0.2) is 0 Å². The summed E-state index contributed by atoms with van der Waals surface area (Å²) in [4.78, 5) is 16.9. The largest absolute Gasteiger partial charge is 0.430 e. The highest BCUT2D eigenvalue weighted by Gasteiger charge is 2.62. The van der Waals surface area contributed by atoms with Gasteiger partial charge < -0.3 is 10.1 Å². The fraction of sp³-hybridized carbons (Fsp3) is 0.400. The summed E-state index contributed by atoms with van der Waals surface area (Å²) in [6.45, 7) is 3.75. The summed E-state index contributed by atoms with van der Waals surface area (Å²) in [6, 6.07) is 12.4. The second-order valence-electron chi connectivity index (χ2n) is 7.09. The molecule has 146 valence electrons. The van der Waals surface area contributed by atoms with Crippen LogP contribution in [-0.4, -0.2) is 30.7 Å². The number of carbonyl (C=O) groups is 1. The highest BCUT2D eigenvalue weighted by atomic mass is 19.4. The van der Waals surface area contributed by atoms with E-state index in [2.05, 4.69) is 10.3 Å². The molecule has 0 aliphatic heterocycles. The zero-order valence-corrected chi connectivity index (χ0v) is 15.5. The number of amides is 1. The number of hydrogen-bond donors (Lipinski definition) is 1. The monoisotopic (exact) mass is 380 g/mol. The van der Waals surface area contributed by atoms with E-state index < -0.39 is 23.1 Å². The maximum absolute atomic E-state index is 13.9. The molecule has 1 amide bonds. The van der Waals surface area contributed by atoms with Gasteiger partial charge in [-0.1, -0.05) is 50.2 Å². The van der Waals surface area contributed by atoms with Crippen molar-refractivity contribution in [3.05, 3.63) is 66.0 Å². The van der Waals surface area contributed by atoms with Gasteiger partial charge in [0.2, 0.25) is 0 Å². The van der Waals surface area contributed by atoms with Crippen molar-refractivity contribution < 1.29 is 22.7 Å². The lowest BCUT2D eigenvalue weighted by Crippen LogP contribution is -2.56. The number of nitrogens with zero attached hydrogens (tertiary/aromatic N) is 1. The second kappa shape index (κ2) is 8.08. The van der Waals surface area contributed by atoms with E-state index in [-0.39, 0.29) is 12.1 Å². The Kier molecular flexibility index (Phi) is 6.26. The lowest BCUT2D eigenvalue weighted by Gasteiger charge is -2.34. The molecule has 1 aromatic heterocycles. The van der Waals surface area contributed by atoms with E-state index in [9.17, 15) is 18.0 Å². The molecule has 27 heavy (non-hydrogen) atoms. The first-order valence-electron chi connectivity index (χ1n) is 8.48. The molecule has 1 N–H and O–H groups in total. The number of benzene rings is 1. The zero-order valence-electron chi connectivity index (χ0n) is 15.5. The number of ether oxygens (including phenoxy) is 1. The first-order chi connectivity index (χ1) is 12.6. The topological polar surface area (TPSA) is 51.2 Å². The normalized spacial score (nSPS) is 14.4. The van der Waals surface area contributed by atoms with Crippen LogP contribution in [0.4, 0.5) is 13.2 Å². The van der Waals surface area contributed by atoms with E-state index in [1.807, 2.05) is 26.0 Å². The molecule has 2 rings (SSSR count). The molecular weight excluding hydrogens is 357 g/mol. The first-order valence-corrected chi connectivity index (χ1v) is 8.48. The van der Waals surface area contributed by atoms with Gasteiger partial charge in [0, 0.05) is 31.1 Å². The van der Waals surface area contributed by atoms with Gasteiger partial charge in [-0.15, -0.1) is 0 Å². The van der Waals surface area contributed by atoms with Crippen LogP contribution >= 0.6 is 0 Å². The van der Waals surface area contributed by atoms with E-state index in [0.29, 0.717) is 6.42 Å². The highest BCUT2D eigenvalue weighted by molar-refractivity contribution is 5.87. The van der Waals surface area contributed by atoms with Gasteiger partial charge in [0.05, 0.1) is 0 Å². The van der Waals surface area contributed by atoms with Crippen molar-refractivity contribution in [3.8, 4) is 0 Å². The fourth-order valence-electron chi connectivity index (χ4n) is 2.92. The van der Waals surface area contributed by atoms with Crippen LogP contribution in [-0.2, 0) is 21.6 Å². The van der Waals surface area contributed by atoms with Crippen LogP contribution in [0, 0.1) is 5.41 Å². The Bertz CT molecular complexity index is 749. The molecule has 0 bridgehead atoms. The summed E-state index contributed by atoms with van der Waals surface area (Å²) < 4.78 is 46.4. The van der Waals surface area contributed by atoms with Crippen LogP contribution in [0.5, 0.6) is 0 Å². The molecule has 1 heterocycles. The Balaban J connectivity index is 2.22. The molecule has 0 aliphatic rings. The Morgan fingerprint density at radius 2 is 1.70 bits per heavy atom. The lowest BCUT2D eigenvalue weighted by atomic mass is 9.86. The van der Waals surface area contributed by atoms with Crippen LogP contribution in [0.25, 0.3) is 0 Å². The minimum Gasteiger partial charge on any atom is -0.356 e. The van der Waals surface area contributed by atoms with Gasteiger partial charge in [-0.05, 0) is 24.0 Å². The molecule has 2 aromatic rings. The first kappa shape index (κ1) is 20.9. The van der Waals surface area contributed by atoms with Crippen molar-refractivity contribution in [1.82, 2.24) is 10.3 Å². The summed E-state index contributed by atoms with van der Waals surface area (Å²) in [5.74, 6) is -1.24. The van der Waals surface area contributed by atoms with Crippen molar-refractivity contribution in [2.75, 3.05) is 13.7 Å². The third kappa shape index (κ3) is 4.66. The summed E-state index contributed by atoms with van der Waals surface area (Å²) in [5, 5.41) is 2.43. The average Bonchev–Trinajstić information content (AvgIpc) is 2.61. The Morgan fingerprint density at radius 1 is 1.07 bits per heavy atom. The molecular formula is C20H23F3N2O2. The van der Waals surface area contributed by atoms with Gasteiger partial charge >= 0.3 is 6.18 Å². The van der Waals surface area contributed by atoms with Crippen LogP contribution in [0.3, 0.4) is 0 Å². The molecule has 4 nitrogen and oxygen atoms in total. The lowest BCUT2D eigenvalue weighted by molar-refractivity contribution is -0.265. The Morgan fingerprint density at radius 3 is 2.22 bits per heavy atom. The van der Waals surface area contributed by atoms with E-state index in [1.54, 1.807) is 18.3 Å².